The highest BCUT2D eigenvalue weighted by Gasteiger charge is 2.21. The van der Waals surface area contributed by atoms with Crippen molar-refractivity contribution in [3.8, 4) is 0 Å². The Morgan fingerprint density at radius 3 is 3.27 bits per heavy atom. The summed E-state index contributed by atoms with van der Waals surface area (Å²) < 4.78 is 13.7. The zero-order valence-electron chi connectivity index (χ0n) is 5.65. The molecule has 2 aliphatic rings. The Morgan fingerprint density at radius 2 is 2.36 bits per heavy atom. The van der Waals surface area contributed by atoms with Gasteiger partial charge in [-0.1, -0.05) is 6.08 Å². The molecule has 0 aromatic heterocycles. The van der Waals surface area contributed by atoms with Crippen LogP contribution in [0.5, 0.6) is 0 Å². The van der Waals surface area contributed by atoms with Crippen molar-refractivity contribution < 1.29 is 4.55 Å². The first-order valence-corrected chi connectivity index (χ1v) is 4.38. The van der Waals surface area contributed by atoms with Gasteiger partial charge in [-0.05, 0) is 12.2 Å². The number of nitrogens with one attached hydrogen (secondary N) is 1. The van der Waals surface area contributed by atoms with Crippen molar-refractivity contribution in [3.63, 3.8) is 0 Å². The third kappa shape index (κ3) is 1.22. The van der Waals surface area contributed by atoms with Gasteiger partial charge in [-0.2, -0.15) is 0 Å². The predicted molar refractivity (Wildman–Crippen MR) is 45.1 cm³/mol. The number of rotatable bonds is 0. The van der Waals surface area contributed by atoms with E-state index >= 15 is 0 Å². The van der Waals surface area contributed by atoms with E-state index in [1.807, 2.05) is 18.2 Å². The summed E-state index contributed by atoms with van der Waals surface area (Å²) in [5.74, 6) is 0. The van der Waals surface area contributed by atoms with Gasteiger partial charge in [0.05, 0.1) is 11.4 Å². The summed E-state index contributed by atoms with van der Waals surface area (Å²) in [5, 5.41) is 1.59. The van der Waals surface area contributed by atoms with Crippen LogP contribution in [0.3, 0.4) is 0 Å². The summed E-state index contributed by atoms with van der Waals surface area (Å²) in [5.41, 5.74) is 1.58. The molecule has 3 nitrogen and oxygen atoms in total. The van der Waals surface area contributed by atoms with Crippen LogP contribution in [0.2, 0.25) is 0 Å². The van der Waals surface area contributed by atoms with Gasteiger partial charge in [0.2, 0.25) is 0 Å². The van der Waals surface area contributed by atoms with E-state index in [2.05, 4.69) is 9.71 Å². The van der Waals surface area contributed by atoms with Crippen LogP contribution >= 0.6 is 0 Å². The van der Waals surface area contributed by atoms with Crippen LogP contribution in [-0.2, 0) is 11.4 Å². The number of hydrogen-bond acceptors (Lipinski definition) is 3. The van der Waals surface area contributed by atoms with E-state index in [4.69, 9.17) is 0 Å². The molecule has 2 aliphatic heterocycles. The first kappa shape index (κ1) is 6.69. The largest absolute Gasteiger partial charge is 0.588 e. The number of aliphatic imine (C=N–C) groups is 1. The molecule has 0 saturated carbocycles. The van der Waals surface area contributed by atoms with Crippen LogP contribution in [0.25, 0.3) is 0 Å². The molecular formula is C7H6N2OS. The molecular weight excluding hydrogens is 160 g/mol. The van der Waals surface area contributed by atoms with E-state index in [0.717, 1.165) is 11.4 Å². The lowest BCUT2D eigenvalue weighted by molar-refractivity contribution is 0.599. The Balaban J connectivity index is 2.39. The van der Waals surface area contributed by atoms with Crippen molar-refractivity contribution >= 4 is 17.6 Å². The van der Waals surface area contributed by atoms with E-state index in [0.29, 0.717) is 0 Å². The smallest absolute Gasteiger partial charge is 0.172 e. The molecule has 0 saturated heterocycles. The van der Waals surface area contributed by atoms with Crippen molar-refractivity contribution in [1.29, 1.82) is 0 Å². The fourth-order valence-electron chi connectivity index (χ4n) is 0.899. The van der Waals surface area contributed by atoms with Crippen LogP contribution in [0.1, 0.15) is 0 Å². The SMILES string of the molecule is [O-][S+]1C=C2N=CC=CC=C2N1. The van der Waals surface area contributed by atoms with Crippen LogP contribution in [0.4, 0.5) is 0 Å². The second kappa shape index (κ2) is 2.56. The second-order valence-corrected chi connectivity index (χ2v) is 3.18. The molecule has 1 atom stereocenters. The van der Waals surface area contributed by atoms with E-state index in [1.54, 1.807) is 11.6 Å². The molecule has 4 heteroatoms. The Bertz CT molecular complexity index is 291. The molecule has 0 aromatic carbocycles. The Kier molecular flexibility index (Phi) is 1.56. The van der Waals surface area contributed by atoms with Crippen LogP contribution in [-0.4, -0.2) is 10.8 Å². The molecule has 0 spiro atoms. The zero-order valence-corrected chi connectivity index (χ0v) is 6.47. The molecule has 0 aliphatic carbocycles. The van der Waals surface area contributed by atoms with Gasteiger partial charge >= 0.3 is 0 Å². The molecule has 0 radical (unpaired) electrons. The molecule has 2 rings (SSSR count). The summed E-state index contributed by atoms with van der Waals surface area (Å²) in [6, 6.07) is 0. The normalized spacial score (nSPS) is 26.8. The number of nitrogens with zero attached hydrogens (tertiary/aromatic N) is 1. The molecule has 11 heavy (non-hydrogen) atoms. The molecule has 0 amide bonds. The summed E-state index contributed by atoms with van der Waals surface area (Å²) in [6.45, 7) is 0. The van der Waals surface area contributed by atoms with Gasteiger partial charge in [-0.3, -0.25) is 0 Å². The van der Waals surface area contributed by atoms with E-state index < -0.39 is 11.4 Å². The molecule has 0 aromatic rings. The minimum absolute atomic E-state index is 0.758. The number of allylic oxidation sites excluding steroid dienone is 3. The van der Waals surface area contributed by atoms with Gasteiger partial charge < -0.3 is 4.55 Å². The second-order valence-electron chi connectivity index (χ2n) is 2.15. The van der Waals surface area contributed by atoms with Crippen molar-refractivity contribution in [1.82, 2.24) is 4.72 Å². The lowest BCUT2D eigenvalue weighted by Crippen LogP contribution is -2.13. The Hall–Kier alpha value is -1.00. The monoisotopic (exact) mass is 166 g/mol. The summed E-state index contributed by atoms with van der Waals surface area (Å²) in [4.78, 5) is 4.06. The van der Waals surface area contributed by atoms with Crippen LogP contribution in [0, 0.1) is 0 Å². The maximum atomic E-state index is 10.9. The highest BCUT2D eigenvalue weighted by molar-refractivity contribution is 7.92. The van der Waals surface area contributed by atoms with Crippen molar-refractivity contribution in [2.45, 2.75) is 0 Å². The van der Waals surface area contributed by atoms with E-state index in [1.165, 1.54) is 0 Å². The highest BCUT2D eigenvalue weighted by Crippen LogP contribution is 2.19. The first-order chi connectivity index (χ1) is 5.36. The standard InChI is InChI=1S/C7H6N2OS/c10-11-5-7-6(9-11)3-1-2-4-8-7/h1-5,9H. The predicted octanol–water partition coefficient (Wildman–Crippen LogP) is 0.619. The van der Waals surface area contributed by atoms with Gasteiger partial charge in [0.1, 0.15) is 11.4 Å². The zero-order chi connectivity index (χ0) is 7.68. The van der Waals surface area contributed by atoms with E-state index in [-0.39, 0.29) is 0 Å². The molecule has 2 heterocycles. The fraction of sp³-hybridized carbons (Fsp3) is 0. The Morgan fingerprint density at radius 1 is 1.45 bits per heavy atom. The molecule has 0 bridgehead atoms. The maximum Gasteiger partial charge on any atom is 0.172 e. The first-order valence-electron chi connectivity index (χ1n) is 3.17. The van der Waals surface area contributed by atoms with Gasteiger partial charge in [-0.15, -0.1) is 0 Å². The van der Waals surface area contributed by atoms with E-state index in [9.17, 15) is 4.55 Å². The average molecular weight is 166 g/mol. The third-order valence-corrected chi connectivity index (χ3v) is 2.24. The average Bonchev–Trinajstić information content (AvgIpc) is 2.17. The topological polar surface area (TPSA) is 47.5 Å². The lowest BCUT2D eigenvalue weighted by Gasteiger charge is -1.98. The quantitative estimate of drug-likeness (QED) is 0.536. The van der Waals surface area contributed by atoms with Crippen LogP contribution in [0.15, 0.2) is 40.0 Å². The molecule has 0 fully saturated rings. The maximum absolute atomic E-state index is 10.9. The summed E-state index contributed by atoms with van der Waals surface area (Å²) >= 11 is -1.08. The number of fused-ring (bicyclic) bond motifs is 1. The third-order valence-electron chi connectivity index (χ3n) is 1.38. The minimum Gasteiger partial charge on any atom is -0.588 e. The summed E-state index contributed by atoms with van der Waals surface area (Å²) in [7, 11) is 0. The van der Waals surface area contributed by atoms with Gasteiger partial charge in [-0.25, -0.2) is 9.71 Å². The van der Waals surface area contributed by atoms with Gasteiger partial charge in [0.25, 0.3) is 0 Å². The van der Waals surface area contributed by atoms with Gasteiger partial charge in [0.15, 0.2) is 5.41 Å². The lowest BCUT2D eigenvalue weighted by atomic mass is 10.3. The molecule has 1 N–H and O–H groups in total. The van der Waals surface area contributed by atoms with Gasteiger partial charge in [0, 0.05) is 6.21 Å². The molecule has 56 valence electrons. The van der Waals surface area contributed by atoms with Crippen molar-refractivity contribution in [2.75, 3.05) is 0 Å². The highest BCUT2D eigenvalue weighted by atomic mass is 32.2. The summed E-state index contributed by atoms with van der Waals surface area (Å²) in [6.07, 6.45) is 7.22. The van der Waals surface area contributed by atoms with Crippen LogP contribution < -0.4 is 4.72 Å². The van der Waals surface area contributed by atoms with Crippen molar-refractivity contribution in [3.05, 3.63) is 35.0 Å². The Labute approximate surface area is 67.5 Å². The fourth-order valence-corrected chi connectivity index (χ4v) is 1.74. The van der Waals surface area contributed by atoms with Crippen molar-refractivity contribution in [2.24, 2.45) is 4.99 Å². The number of hydrogen-bond donors (Lipinski definition) is 1. The molecule has 1 unspecified atom stereocenters. The minimum atomic E-state index is -1.08.